The number of amides is 1. The maximum absolute atomic E-state index is 13.5. The molecule has 0 aliphatic heterocycles. The number of esters is 1. The Kier molecular flexibility index (Phi) is 49.0. The van der Waals surface area contributed by atoms with Gasteiger partial charge in [-0.1, -0.05) is 256 Å². The van der Waals surface area contributed by atoms with E-state index in [9.17, 15) is 19.0 Å². The van der Waals surface area contributed by atoms with E-state index in [1.165, 1.54) is 161 Å². The summed E-state index contributed by atoms with van der Waals surface area (Å²) in [6, 6.07) is -0.891. The molecule has 1 amide bonds. The average molecular weight is 1010 g/mol. The van der Waals surface area contributed by atoms with Crippen LogP contribution in [0.4, 0.5) is 0 Å². The lowest BCUT2D eigenvalue weighted by molar-refractivity contribution is -0.870. The normalized spacial score (nSPS) is 14.1. The number of allylic oxidation sites excluding steroid dienone is 7. The van der Waals surface area contributed by atoms with Crippen molar-refractivity contribution in [3.8, 4) is 0 Å². The standard InChI is InChI=1S/C60H113N2O7P/c1-7-10-13-16-19-22-25-28-30-31-33-35-38-41-44-47-50-53-60(64)69-58(51-48-45-42-39-36-27-24-21-18-15-12-9-3)57(56-68-70(65,66)67-55-54-62(4,5)6)61-59(63)52-49-46-43-40-37-34-32-29-26-23-20-17-14-11-8-2/h11,14,17,20,23,26,48,51,57-58H,7-10,12-13,15-16,18-19,21-22,24-25,27-47,49-50,52-56H2,1-6H3,(H-,61,63,65,66)/b14-11+,20-17+,26-23+,51-48+. The monoisotopic (exact) mass is 1000 g/mol. The van der Waals surface area contributed by atoms with Crippen LogP contribution in [0, 0.1) is 0 Å². The lowest BCUT2D eigenvalue weighted by Crippen LogP contribution is -2.47. The third kappa shape index (κ3) is 50.9. The van der Waals surface area contributed by atoms with Crippen molar-refractivity contribution >= 4 is 19.7 Å². The Bertz CT molecular complexity index is 1340. The fraction of sp³-hybridized carbons (Fsp3) is 0.833. The van der Waals surface area contributed by atoms with Crippen molar-refractivity contribution in [1.29, 1.82) is 0 Å². The first kappa shape index (κ1) is 68.0. The highest BCUT2D eigenvalue weighted by molar-refractivity contribution is 7.45. The van der Waals surface area contributed by atoms with Gasteiger partial charge in [-0.15, -0.1) is 0 Å². The summed E-state index contributed by atoms with van der Waals surface area (Å²) in [5.41, 5.74) is 0. The van der Waals surface area contributed by atoms with Crippen molar-refractivity contribution in [2.24, 2.45) is 0 Å². The predicted octanol–water partition coefficient (Wildman–Crippen LogP) is 17.1. The SMILES string of the molecule is CC/C=C/C=C/C=C/CCCCCCCCCC(=O)NC(COP(=O)([O-])OCC[N+](C)(C)C)C(/C=C/CCCCCCCCCCCC)OC(=O)CCCCCCCCCCCCCCCCCCC. The van der Waals surface area contributed by atoms with Crippen LogP contribution in [0.15, 0.2) is 48.6 Å². The molecule has 0 radical (unpaired) electrons. The number of likely N-dealkylation sites (N-methyl/N-ethyl adjacent to an activating group) is 1. The minimum Gasteiger partial charge on any atom is -0.756 e. The summed E-state index contributed by atoms with van der Waals surface area (Å²) in [4.78, 5) is 39.9. The van der Waals surface area contributed by atoms with Crippen LogP contribution in [-0.2, 0) is 27.9 Å². The second kappa shape index (κ2) is 50.5. The Morgan fingerprint density at radius 3 is 1.36 bits per heavy atom. The number of nitrogens with zero attached hydrogens (tertiary/aromatic N) is 1. The fourth-order valence-corrected chi connectivity index (χ4v) is 9.25. The van der Waals surface area contributed by atoms with Crippen molar-refractivity contribution in [3.63, 3.8) is 0 Å². The molecular formula is C60H113N2O7P. The van der Waals surface area contributed by atoms with Crippen LogP contribution in [0.5, 0.6) is 0 Å². The summed E-state index contributed by atoms with van der Waals surface area (Å²) in [6.07, 6.45) is 60.7. The first-order valence-corrected chi connectivity index (χ1v) is 30.9. The van der Waals surface area contributed by atoms with Crippen molar-refractivity contribution in [2.45, 2.75) is 283 Å². The molecule has 0 aliphatic rings. The molecule has 0 heterocycles. The lowest BCUT2D eigenvalue weighted by atomic mass is 10.0. The third-order valence-corrected chi connectivity index (χ3v) is 14.0. The Balaban J connectivity index is 5.31. The highest BCUT2D eigenvalue weighted by Crippen LogP contribution is 2.38. The van der Waals surface area contributed by atoms with E-state index in [1.807, 2.05) is 33.3 Å². The molecule has 0 bridgehead atoms. The molecule has 70 heavy (non-hydrogen) atoms. The van der Waals surface area contributed by atoms with E-state index in [1.54, 1.807) is 0 Å². The highest BCUT2D eigenvalue weighted by atomic mass is 31.2. The Labute approximate surface area is 433 Å². The first-order valence-electron chi connectivity index (χ1n) is 29.5. The number of unbranched alkanes of at least 4 members (excludes halogenated alkanes) is 33. The summed E-state index contributed by atoms with van der Waals surface area (Å²) in [6.45, 7) is 6.72. The molecule has 0 saturated carbocycles. The van der Waals surface area contributed by atoms with E-state index >= 15 is 0 Å². The second-order valence-electron chi connectivity index (χ2n) is 21.2. The van der Waals surface area contributed by atoms with Gasteiger partial charge in [0.25, 0.3) is 7.82 Å². The largest absolute Gasteiger partial charge is 0.756 e. The third-order valence-electron chi connectivity index (χ3n) is 13.1. The summed E-state index contributed by atoms with van der Waals surface area (Å²) in [7, 11) is 1.18. The number of hydrogen-bond acceptors (Lipinski definition) is 7. The van der Waals surface area contributed by atoms with Gasteiger partial charge >= 0.3 is 5.97 Å². The molecule has 0 aromatic heterocycles. The zero-order chi connectivity index (χ0) is 51.5. The van der Waals surface area contributed by atoms with Crippen LogP contribution in [0.3, 0.4) is 0 Å². The molecular weight excluding hydrogens is 892 g/mol. The van der Waals surface area contributed by atoms with Crippen LogP contribution in [-0.4, -0.2) is 69.4 Å². The minimum atomic E-state index is -4.70. The summed E-state index contributed by atoms with van der Waals surface area (Å²) in [5, 5.41) is 3.02. The van der Waals surface area contributed by atoms with Gasteiger partial charge in [-0.3, -0.25) is 14.2 Å². The molecule has 0 aliphatic carbocycles. The number of quaternary nitrogens is 1. The molecule has 1 N–H and O–H groups in total. The quantitative estimate of drug-likeness (QED) is 0.0161. The lowest BCUT2D eigenvalue weighted by Gasteiger charge is -2.30. The van der Waals surface area contributed by atoms with Crippen molar-refractivity contribution in [1.82, 2.24) is 5.32 Å². The number of phosphoric ester groups is 1. The van der Waals surface area contributed by atoms with E-state index in [4.69, 9.17) is 13.8 Å². The van der Waals surface area contributed by atoms with Crippen LogP contribution >= 0.6 is 7.82 Å². The number of carbonyl (C=O) groups excluding carboxylic acids is 2. The number of rotatable bonds is 53. The molecule has 9 nitrogen and oxygen atoms in total. The molecule has 0 fully saturated rings. The molecule has 0 spiro atoms. The molecule has 0 aromatic carbocycles. The van der Waals surface area contributed by atoms with E-state index in [2.05, 4.69) is 62.5 Å². The van der Waals surface area contributed by atoms with Gasteiger partial charge in [0.2, 0.25) is 5.91 Å². The van der Waals surface area contributed by atoms with Crippen LogP contribution < -0.4 is 10.2 Å². The van der Waals surface area contributed by atoms with Crippen molar-refractivity contribution in [3.05, 3.63) is 48.6 Å². The van der Waals surface area contributed by atoms with E-state index < -0.39 is 26.6 Å². The van der Waals surface area contributed by atoms with Crippen LogP contribution in [0.2, 0.25) is 0 Å². The molecule has 0 aromatic rings. The van der Waals surface area contributed by atoms with E-state index in [-0.39, 0.29) is 24.9 Å². The van der Waals surface area contributed by atoms with Gasteiger partial charge in [-0.2, -0.15) is 0 Å². The zero-order valence-corrected chi connectivity index (χ0v) is 47.6. The number of hydrogen-bond donors (Lipinski definition) is 1. The molecule has 3 atom stereocenters. The van der Waals surface area contributed by atoms with Gasteiger partial charge < -0.3 is 28.5 Å². The average Bonchev–Trinajstić information content (AvgIpc) is 3.32. The number of phosphoric acid groups is 1. The minimum absolute atomic E-state index is 0.0241. The van der Waals surface area contributed by atoms with Crippen molar-refractivity contribution in [2.75, 3.05) is 40.9 Å². The second-order valence-corrected chi connectivity index (χ2v) is 22.6. The summed E-state index contributed by atoms with van der Waals surface area (Å²) < 4.78 is 30.3. The van der Waals surface area contributed by atoms with E-state index in [0.29, 0.717) is 17.4 Å². The molecule has 410 valence electrons. The molecule has 10 heteroatoms. The van der Waals surface area contributed by atoms with Gasteiger partial charge in [0.15, 0.2) is 0 Å². The number of carbonyl (C=O) groups is 2. The van der Waals surface area contributed by atoms with Gasteiger partial charge in [-0.05, 0) is 51.0 Å². The maximum Gasteiger partial charge on any atom is 0.306 e. The predicted molar refractivity (Wildman–Crippen MR) is 298 cm³/mol. The van der Waals surface area contributed by atoms with Crippen LogP contribution in [0.25, 0.3) is 0 Å². The topological polar surface area (TPSA) is 114 Å². The summed E-state index contributed by atoms with van der Waals surface area (Å²) in [5.74, 6) is -0.547. The Morgan fingerprint density at radius 2 is 0.914 bits per heavy atom. The number of nitrogens with one attached hydrogen (secondary N) is 1. The van der Waals surface area contributed by atoms with Gasteiger partial charge in [0.1, 0.15) is 19.3 Å². The molecule has 0 saturated heterocycles. The Morgan fingerprint density at radius 1 is 0.514 bits per heavy atom. The zero-order valence-electron chi connectivity index (χ0n) is 46.7. The molecule has 0 rings (SSSR count). The van der Waals surface area contributed by atoms with E-state index in [0.717, 1.165) is 77.0 Å². The fourth-order valence-electron chi connectivity index (χ4n) is 8.52. The smallest absolute Gasteiger partial charge is 0.306 e. The first-order chi connectivity index (χ1) is 33.9. The van der Waals surface area contributed by atoms with Gasteiger partial charge in [-0.25, -0.2) is 0 Å². The number of ether oxygens (including phenoxy) is 1. The highest BCUT2D eigenvalue weighted by Gasteiger charge is 2.27. The molecule has 3 unspecified atom stereocenters. The van der Waals surface area contributed by atoms with Crippen LogP contribution in [0.1, 0.15) is 271 Å². The van der Waals surface area contributed by atoms with Gasteiger partial charge in [0, 0.05) is 12.8 Å². The maximum atomic E-state index is 13.5. The Hall–Kier alpha value is -2.03. The van der Waals surface area contributed by atoms with Crippen molar-refractivity contribution < 1.29 is 37.3 Å². The van der Waals surface area contributed by atoms with Gasteiger partial charge in [0.05, 0.1) is 33.8 Å². The summed E-state index contributed by atoms with van der Waals surface area (Å²) >= 11 is 0.